The number of carbonyl (C=O) groups is 1. The van der Waals surface area contributed by atoms with Crippen LogP contribution >= 0.6 is 7.82 Å². The minimum Gasteiger partial charge on any atom is -0.756 e. The topological polar surface area (TPSA) is 108 Å². The Hall–Kier alpha value is -2.06. The molecule has 0 rings (SSSR count). The highest BCUT2D eigenvalue weighted by molar-refractivity contribution is 7.45. The van der Waals surface area contributed by atoms with Gasteiger partial charge < -0.3 is 28.8 Å². The molecule has 0 aliphatic carbocycles. The summed E-state index contributed by atoms with van der Waals surface area (Å²) in [6, 6.07) is -0.891. The van der Waals surface area contributed by atoms with Gasteiger partial charge in [-0.1, -0.05) is 267 Å². The number of quaternary nitrogens is 1. The molecule has 0 aromatic heterocycles. The number of aliphatic hydroxyl groups is 1. The fourth-order valence-electron chi connectivity index (χ4n) is 8.53. The zero-order valence-electron chi connectivity index (χ0n) is 47.2. The Morgan fingerprint density at radius 1 is 0.507 bits per heavy atom. The third kappa shape index (κ3) is 55.5. The van der Waals surface area contributed by atoms with Crippen molar-refractivity contribution in [1.29, 1.82) is 0 Å². The summed E-state index contributed by atoms with van der Waals surface area (Å²) in [7, 11) is 1.26. The molecule has 0 aliphatic heterocycles. The van der Waals surface area contributed by atoms with Gasteiger partial charge in [-0.05, 0) is 64.2 Å². The van der Waals surface area contributed by atoms with E-state index in [0.29, 0.717) is 17.4 Å². The zero-order valence-corrected chi connectivity index (χ0v) is 48.1. The molecule has 1 amide bonds. The summed E-state index contributed by atoms with van der Waals surface area (Å²) >= 11 is 0. The molecule has 9 heteroatoms. The molecule has 0 spiro atoms. The first-order valence-electron chi connectivity index (χ1n) is 29.8. The molecular formula is C62H115N2O6P. The first-order valence-corrected chi connectivity index (χ1v) is 31.3. The van der Waals surface area contributed by atoms with Crippen molar-refractivity contribution in [3.63, 3.8) is 0 Å². The molecule has 0 aromatic carbocycles. The Labute approximate surface area is 440 Å². The lowest BCUT2D eigenvalue weighted by Gasteiger charge is -2.29. The van der Waals surface area contributed by atoms with Crippen LogP contribution in [0.1, 0.15) is 264 Å². The molecule has 414 valence electrons. The van der Waals surface area contributed by atoms with Crippen LogP contribution in [0.2, 0.25) is 0 Å². The normalized spacial score (nSPS) is 14.4. The lowest BCUT2D eigenvalue weighted by Crippen LogP contribution is -2.45. The average Bonchev–Trinajstić information content (AvgIpc) is 3.33. The minimum atomic E-state index is -4.60. The SMILES string of the molecule is CC/C=C\C/C=C\C/C=C\C/C=C\C/C=C\CCCCCCCCCCCCCCCC(=O)NC(COP(=O)([O-])OCC[N+](C)(C)C)C(O)/C=C/CCCCCCCCCCCCCCCCCCCC. The summed E-state index contributed by atoms with van der Waals surface area (Å²) in [5, 5.41) is 13.9. The van der Waals surface area contributed by atoms with Crippen molar-refractivity contribution in [3.8, 4) is 0 Å². The van der Waals surface area contributed by atoms with Gasteiger partial charge >= 0.3 is 0 Å². The van der Waals surface area contributed by atoms with Crippen LogP contribution in [0.5, 0.6) is 0 Å². The fraction of sp³-hybridized carbons (Fsp3) is 0.790. The molecule has 0 bridgehead atoms. The van der Waals surface area contributed by atoms with E-state index in [1.165, 1.54) is 173 Å². The molecule has 0 fully saturated rings. The average molecular weight is 1020 g/mol. The van der Waals surface area contributed by atoms with Crippen LogP contribution in [0, 0.1) is 0 Å². The molecule has 0 aromatic rings. The van der Waals surface area contributed by atoms with Crippen molar-refractivity contribution in [1.82, 2.24) is 5.32 Å². The van der Waals surface area contributed by atoms with Crippen LogP contribution in [0.4, 0.5) is 0 Å². The van der Waals surface area contributed by atoms with Crippen LogP contribution in [0.25, 0.3) is 0 Å². The lowest BCUT2D eigenvalue weighted by atomic mass is 10.0. The predicted molar refractivity (Wildman–Crippen MR) is 307 cm³/mol. The molecule has 0 heterocycles. The Morgan fingerprint density at radius 3 is 1.25 bits per heavy atom. The van der Waals surface area contributed by atoms with E-state index >= 15 is 0 Å². The van der Waals surface area contributed by atoms with E-state index in [9.17, 15) is 19.4 Å². The number of phosphoric acid groups is 1. The predicted octanol–water partition coefficient (Wildman–Crippen LogP) is 17.6. The van der Waals surface area contributed by atoms with Gasteiger partial charge in [-0.15, -0.1) is 0 Å². The Balaban J connectivity index is 4.18. The number of hydrogen-bond acceptors (Lipinski definition) is 6. The first kappa shape index (κ1) is 68.9. The Bertz CT molecular complexity index is 1380. The van der Waals surface area contributed by atoms with Gasteiger partial charge in [0.25, 0.3) is 7.82 Å². The maximum absolute atomic E-state index is 13.0. The van der Waals surface area contributed by atoms with Gasteiger partial charge in [-0.2, -0.15) is 0 Å². The molecule has 3 unspecified atom stereocenters. The van der Waals surface area contributed by atoms with E-state index in [0.717, 1.165) is 70.6 Å². The molecule has 3 atom stereocenters. The maximum atomic E-state index is 13.0. The van der Waals surface area contributed by atoms with Crippen LogP contribution in [0.15, 0.2) is 72.9 Å². The monoisotopic (exact) mass is 1010 g/mol. The van der Waals surface area contributed by atoms with Crippen LogP contribution in [-0.2, 0) is 18.4 Å². The molecule has 0 saturated heterocycles. The van der Waals surface area contributed by atoms with Crippen LogP contribution in [0.3, 0.4) is 0 Å². The summed E-state index contributed by atoms with van der Waals surface area (Å²) in [6.45, 7) is 4.56. The van der Waals surface area contributed by atoms with Gasteiger partial charge in [-0.3, -0.25) is 9.36 Å². The minimum absolute atomic E-state index is 0.00290. The summed E-state index contributed by atoms with van der Waals surface area (Å²) in [5.74, 6) is -0.199. The largest absolute Gasteiger partial charge is 0.756 e. The van der Waals surface area contributed by atoms with Crippen molar-refractivity contribution < 1.29 is 32.9 Å². The third-order valence-electron chi connectivity index (χ3n) is 13.2. The third-order valence-corrected chi connectivity index (χ3v) is 14.1. The maximum Gasteiger partial charge on any atom is 0.268 e. The molecular weight excluding hydrogens is 900 g/mol. The molecule has 71 heavy (non-hydrogen) atoms. The highest BCUT2D eigenvalue weighted by atomic mass is 31.2. The van der Waals surface area contributed by atoms with Gasteiger partial charge in [0, 0.05) is 6.42 Å². The van der Waals surface area contributed by atoms with Gasteiger partial charge in [-0.25, -0.2) is 0 Å². The van der Waals surface area contributed by atoms with E-state index in [-0.39, 0.29) is 19.1 Å². The number of amides is 1. The summed E-state index contributed by atoms with van der Waals surface area (Å²) in [5.41, 5.74) is 0. The fourth-order valence-corrected chi connectivity index (χ4v) is 9.26. The highest BCUT2D eigenvalue weighted by Crippen LogP contribution is 2.38. The number of aliphatic hydroxyl groups excluding tert-OH is 1. The van der Waals surface area contributed by atoms with Crippen molar-refractivity contribution >= 4 is 13.7 Å². The second-order valence-electron chi connectivity index (χ2n) is 21.3. The quantitative estimate of drug-likeness (QED) is 0.0272. The van der Waals surface area contributed by atoms with E-state index in [4.69, 9.17) is 9.05 Å². The highest BCUT2D eigenvalue weighted by Gasteiger charge is 2.23. The van der Waals surface area contributed by atoms with Crippen LogP contribution in [-0.4, -0.2) is 68.5 Å². The van der Waals surface area contributed by atoms with Crippen molar-refractivity contribution in [2.75, 3.05) is 40.9 Å². The summed E-state index contributed by atoms with van der Waals surface area (Å²) in [4.78, 5) is 25.5. The number of phosphoric ester groups is 1. The molecule has 2 N–H and O–H groups in total. The van der Waals surface area contributed by atoms with E-state index in [1.807, 2.05) is 27.2 Å². The number of unbranched alkanes of at least 4 members (excludes halogenated alkanes) is 31. The standard InChI is InChI=1S/C62H115N2O6P/c1-6-8-10-12-14-16-18-20-22-24-26-28-29-30-31-32-33-34-35-36-38-40-42-44-46-48-50-52-54-56-62(66)63-60(59-70-71(67,68)69-58-57-64(3,4)5)61(65)55-53-51-49-47-45-43-41-39-37-27-25-23-21-19-17-15-13-11-9-7-2/h8,10,14,16,20,22,26,28,30-31,53,55,60-61,65H,6-7,9,11-13,15,17-19,21,23-25,27,29,32-52,54,56-59H2,1-5H3,(H-,63,66,67,68)/b10-8-,16-14-,22-20-,28-26-,31-30-,55-53+. The number of nitrogens with one attached hydrogen (secondary N) is 1. The van der Waals surface area contributed by atoms with E-state index in [1.54, 1.807) is 6.08 Å². The number of allylic oxidation sites excluding steroid dienone is 11. The van der Waals surface area contributed by atoms with Gasteiger partial charge in [0.15, 0.2) is 0 Å². The lowest BCUT2D eigenvalue weighted by molar-refractivity contribution is -0.870. The van der Waals surface area contributed by atoms with Gasteiger partial charge in [0.2, 0.25) is 5.91 Å². The number of carbonyl (C=O) groups excluding carboxylic acids is 1. The number of rotatable bonds is 54. The summed E-state index contributed by atoms with van der Waals surface area (Å²) in [6.07, 6.45) is 72.6. The Kier molecular flexibility index (Phi) is 51.3. The van der Waals surface area contributed by atoms with Crippen molar-refractivity contribution in [3.05, 3.63) is 72.9 Å². The molecule has 0 saturated carbocycles. The van der Waals surface area contributed by atoms with E-state index < -0.39 is 20.0 Å². The summed E-state index contributed by atoms with van der Waals surface area (Å²) < 4.78 is 23.4. The Morgan fingerprint density at radius 2 is 0.859 bits per heavy atom. The molecule has 8 nitrogen and oxygen atoms in total. The van der Waals surface area contributed by atoms with Crippen LogP contribution < -0.4 is 10.2 Å². The zero-order chi connectivity index (χ0) is 52.0. The number of likely N-dealkylation sites (N-methyl/N-ethyl adjacent to an activating group) is 1. The second-order valence-corrected chi connectivity index (χ2v) is 22.7. The second kappa shape index (κ2) is 52.8. The molecule has 0 aliphatic rings. The van der Waals surface area contributed by atoms with E-state index in [2.05, 4.69) is 79.9 Å². The number of hydrogen-bond donors (Lipinski definition) is 2. The van der Waals surface area contributed by atoms with Gasteiger partial charge in [0.05, 0.1) is 39.9 Å². The van der Waals surface area contributed by atoms with Crippen molar-refractivity contribution in [2.45, 2.75) is 276 Å². The smallest absolute Gasteiger partial charge is 0.268 e. The first-order chi connectivity index (χ1) is 34.5. The number of nitrogens with zero attached hydrogens (tertiary/aromatic N) is 1. The molecule has 0 radical (unpaired) electrons. The van der Waals surface area contributed by atoms with Crippen molar-refractivity contribution in [2.24, 2.45) is 0 Å². The van der Waals surface area contributed by atoms with Gasteiger partial charge in [0.1, 0.15) is 13.2 Å².